The maximum Gasteiger partial charge on any atom is 0.220 e. The zero-order valence-electron chi connectivity index (χ0n) is 11.9. The van der Waals surface area contributed by atoms with Crippen molar-refractivity contribution in [1.82, 2.24) is 5.32 Å². The summed E-state index contributed by atoms with van der Waals surface area (Å²) < 4.78 is 0. The second-order valence-electron chi connectivity index (χ2n) is 5.94. The molecule has 0 aliphatic carbocycles. The molecule has 108 valence electrons. The van der Waals surface area contributed by atoms with Crippen LogP contribution in [-0.2, 0) is 4.79 Å². The van der Waals surface area contributed by atoms with Crippen LogP contribution in [0.1, 0.15) is 37.9 Å². The molecule has 1 aromatic rings. The van der Waals surface area contributed by atoms with Gasteiger partial charge in [-0.2, -0.15) is 0 Å². The van der Waals surface area contributed by atoms with Crippen molar-refractivity contribution in [3.63, 3.8) is 0 Å². The first-order valence-electron chi connectivity index (χ1n) is 7.46. The molecule has 2 fully saturated rings. The molecule has 4 nitrogen and oxygen atoms in total. The number of aliphatic hydroxyl groups excluding tert-OH is 1. The highest BCUT2D eigenvalue weighted by atomic mass is 16.3. The number of hydrogen-bond donors (Lipinski definition) is 2. The molecule has 0 saturated carbocycles. The highest BCUT2D eigenvalue weighted by Crippen LogP contribution is 2.32. The minimum absolute atomic E-state index is 0.198. The Balaban J connectivity index is 1.78. The third kappa shape index (κ3) is 2.52. The molecule has 20 heavy (non-hydrogen) atoms. The predicted octanol–water partition coefficient (Wildman–Crippen LogP) is 1.84. The first-order chi connectivity index (χ1) is 9.65. The second kappa shape index (κ2) is 5.44. The topological polar surface area (TPSA) is 52.6 Å². The largest absolute Gasteiger partial charge is 0.389 e. The highest BCUT2D eigenvalue weighted by molar-refractivity contribution is 5.77. The zero-order chi connectivity index (χ0) is 14.1. The Bertz CT molecular complexity index is 501. The molecule has 4 heteroatoms. The van der Waals surface area contributed by atoms with E-state index in [1.807, 2.05) is 25.1 Å². The first-order valence-corrected chi connectivity index (χ1v) is 7.46. The Hall–Kier alpha value is -1.55. The Morgan fingerprint density at radius 1 is 1.35 bits per heavy atom. The van der Waals surface area contributed by atoms with E-state index in [-0.39, 0.29) is 5.91 Å². The molecule has 3 rings (SSSR count). The number of carbonyl (C=O) groups excluding carboxylic acids is 1. The summed E-state index contributed by atoms with van der Waals surface area (Å²) >= 11 is 0. The number of rotatable bonds is 2. The van der Waals surface area contributed by atoms with Crippen LogP contribution in [0.2, 0.25) is 0 Å². The van der Waals surface area contributed by atoms with E-state index in [0.717, 1.165) is 37.2 Å². The maximum absolute atomic E-state index is 11.5. The van der Waals surface area contributed by atoms with Gasteiger partial charge in [-0.05, 0) is 31.7 Å². The molecular weight excluding hydrogens is 252 g/mol. The number of aliphatic hydroxyl groups is 1. The van der Waals surface area contributed by atoms with Crippen LogP contribution in [0.25, 0.3) is 0 Å². The van der Waals surface area contributed by atoms with Crippen molar-refractivity contribution in [2.45, 2.75) is 38.3 Å². The van der Waals surface area contributed by atoms with Crippen molar-refractivity contribution >= 4 is 11.6 Å². The predicted molar refractivity (Wildman–Crippen MR) is 78.6 cm³/mol. The summed E-state index contributed by atoms with van der Waals surface area (Å²) in [6.45, 7) is 3.71. The van der Waals surface area contributed by atoms with Gasteiger partial charge in [0.2, 0.25) is 5.91 Å². The van der Waals surface area contributed by atoms with E-state index in [1.165, 1.54) is 0 Å². The molecule has 1 aromatic carbocycles. The van der Waals surface area contributed by atoms with Gasteiger partial charge in [0.05, 0.1) is 6.10 Å². The summed E-state index contributed by atoms with van der Waals surface area (Å²) in [6.07, 6.45) is 2.16. The van der Waals surface area contributed by atoms with Gasteiger partial charge in [-0.25, -0.2) is 0 Å². The number of piperidine rings is 2. The lowest BCUT2D eigenvalue weighted by molar-refractivity contribution is -0.124. The van der Waals surface area contributed by atoms with Gasteiger partial charge in [-0.15, -0.1) is 0 Å². The van der Waals surface area contributed by atoms with Crippen LogP contribution >= 0.6 is 0 Å². The van der Waals surface area contributed by atoms with Crippen LogP contribution < -0.4 is 10.2 Å². The average Bonchev–Trinajstić information content (AvgIpc) is 2.46. The van der Waals surface area contributed by atoms with Crippen LogP contribution in [-0.4, -0.2) is 30.1 Å². The van der Waals surface area contributed by atoms with Crippen LogP contribution in [0.15, 0.2) is 24.3 Å². The number of anilines is 1. The van der Waals surface area contributed by atoms with E-state index in [4.69, 9.17) is 0 Å². The Kier molecular flexibility index (Phi) is 3.66. The first kappa shape index (κ1) is 13.4. The van der Waals surface area contributed by atoms with E-state index < -0.39 is 6.10 Å². The van der Waals surface area contributed by atoms with Gasteiger partial charge >= 0.3 is 0 Å². The number of para-hydroxylation sites is 1. The quantitative estimate of drug-likeness (QED) is 0.865. The molecule has 3 atom stereocenters. The number of fused-ring (bicyclic) bond motifs is 1. The summed E-state index contributed by atoms with van der Waals surface area (Å²) in [6, 6.07) is 8.42. The standard InChI is InChI=1S/C16H22N2O2/c1-11(19)13-4-2-3-5-15(13)18-9-8-14-12(10-18)6-7-16(20)17-14/h2-5,11-12,14,19H,6-10H2,1H3,(H,17,20)/t11-,12?,14?/m1/s1. The van der Waals surface area contributed by atoms with E-state index in [2.05, 4.69) is 16.3 Å². The number of carbonyl (C=O) groups is 1. The monoisotopic (exact) mass is 274 g/mol. The number of nitrogens with zero attached hydrogens (tertiary/aromatic N) is 1. The fraction of sp³-hybridized carbons (Fsp3) is 0.562. The fourth-order valence-corrected chi connectivity index (χ4v) is 3.46. The third-order valence-corrected chi connectivity index (χ3v) is 4.55. The van der Waals surface area contributed by atoms with Gasteiger partial charge < -0.3 is 15.3 Å². The van der Waals surface area contributed by atoms with Crippen molar-refractivity contribution in [1.29, 1.82) is 0 Å². The molecular formula is C16H22N2O2. The van der Waals surface area contributed by atoms with E-state index in [1.54, 1.807) is 0 Å². The summed E-state index contributed by atoms with van der Waals surface area (Å²) in [5, 5.41) is 13.0. The Morgan fingerprint density at radius 3 is 2.95 bits per heavy atom. The Labute approximate surface area is 119 Å². The minimum Gasteiger partial charge on any atom is -0.389 e. The third-order valence-electron chi connectivity index (χ3n) is 4.55. The van der Waals surface area contributed by atoms with Crippen molar-refractivity contribution < 1.29 is 9.90 Å². The summed E-state index contributed by atoms with van der Waals surface area (Å²) in [5.41, 5.74) is 2.13. The SMILES string of the molecule is C[C@@H](O)c1ccccc1N1CCC2NC(=O)CCC2C1. The van der Waals surface area contributed by atoms with Crippen molar-refractivity contribution in [3.05, 3.63) is 29.8 Å². The van der Waals surface area contributed by atoms with E-state index in [9.17, 15) is 9.90 Å². The number of amides is 1. The second-order valence-corrected chi connectivity index (χ2v) is 5.94. The molecule has 0 aromatic heterocycles. The lowest BCUT2D eigenvalue weighted by atomic mass is 9.84. The molecule has 2 saturated heterocycles. The van der Waals surface area contributed by atoms with Crippen LogP contribution in [0.5, 0.6) is 0 Å². The summed E-state index contributed by atoms with van der Waals surface area (Å²) in [5.74, 6) is 0.729. The Morgan fingerprint density at radius 2 is 2.15 bits per heavy atom. The number of nitrogens with one attached hydrogen (secondary N) is 1. The van der Waals surface area contributed by atoms with E-state index >= 15 is 0 Å². The van der Waals surface area contributed by atoms with E-state index in [0.29, 0.717) is 18.4 Å². The molecule has 2 unspecified atom stereocenters. The van der Waals surface area contributed by atoms with Crippen molar-refractivity contribution in [2.75, 3.05) is 18.0 Å². The van der Waals surface area contributed by atoms with Gasteiger partial charge in [0.15, 0.2) is 0 Å². The van der Waals surface area contributed by atoms with Gasteiger partial charge in [0.25, 0.3) is 0 Å². The van der Waals surface area contributed by atoms with Crippen LogP contribution in [0.3, 0.4) is 0 Å². The molecule has 0 radical (unpaired) electrons. The van der Waals surface area contributed by atoms with Crippen molar-refractivity contribution in [2.24, 2.45) is 5.92 Å². The van der Waals surface area contributed by atoms with Gasteiger partial charge in [0, 0.05) is 36.8 Å². The maximum atomic E-state index is 11.5. The lowest BCUT2D eigenvalue weighted by Crippen LogP contribution is -2.54. The lowest BCUT2D eigenvalue weighted by Gasteiger charge is -2.43. The van der Waals surface area contributed by atoms with Crippen LogP contribution in [0.4, 0.5) is 5.69 Å². The summed E-state index contributed by atoms with van der Waals surface area (Å²) in [4.78, 5) is 13.8. The molecule has 0 spiro atoms. The molecule has 2 N–H and O–H groups in total. The molecule has 2 aliphatic heterocycles. The fourth-order valence-electron chi connectivity index (χ4n) is 3.46. The van der Waals surface area contributed by atoms with Gasteiger partial charge in [-0.1, -0.05) is 18.2 Å². The molecule has 0 bridgehead atoms. The van der Waals surface area contributed by atoms with Gasteiger partial charge in [0.1, 0.15) is 0 Å². The molecule has 2 aliphatic rings. The summed E-state index contributed by atoms with van der Waals surface area (Å²) in [7, 11) is 0. The minimum atomic E-state index is -0.449. The zero-order valence-corrected chi connectivity index (χ0v) is 11.9. The number of hydrogen-bond acceptors (Lipinski definition) is 3. The highest BCUT2D eigenvalue weighted by Gasteiger charge is 2.34. The van der Waals surface area contributed by atoms with Gasteiger partial charge in [-0.3, -0.25) is 4.79 Å². The smallest absolute Gasteiger partial charge is 0.220 e. The normalized spacial score (nSPS) is 27.7. The van der Waals surface area contributed by atoms with Crippen LogP contribution in [0, 0.1) is 5.92 Å². The average molecular weight is 274 g/mol. The number of benzene rings is 1. The molecule has 2 heterocycles. The van der Waals surface area contributed by atoms with Crippen molar-refractivity contribution in [3.8, 4) is 0 Å². The molecule has 1 amide bonds.